The molecule has 0 atom stereocenters. The molecule has 7 nitrogen and oxygen atoms in total. The van der Waals surface area contributed by atoms with Crippen LogP contribution < -0.4 is 10.6 Å². The number of hydrogen-bond donors (Lipinski definition) is 2. The van der Waals surface area contributed by atoms with E-state index >= 15 is 0 Å². The fraction of sp³-hybridized carbons (Fsp3) is 0.636. The van der Waals surface area contributed by atoms with Gasteiger partial charge in [-0.05, 0) is 12.5 Å². The molecule has 0 aliphatic carbocycles. The van der Waals surface area contributed by atoms with Crippen molar-refractivity contribution in [3.63, 3.8) is 0 Å². The lowest BCUT2D eigenvalue weighted by Crippen LogP contribution is -2.40. The van der Waals surface area contributed by atoms with Gasteiger partial charge in [0.15, 0.2) is 5.96 Å². The van der Waals surface area contributed by atoms with E-state index in [0.29, 0.717) is 12.5 Å². The summed E-state index contributed by atoms with van der Waals surface area (Å²) in [7, 11) is -1.28. The smallest absolute Gasteiger partial charge is 0.191 e. The van der Waals surface area contributed by atoms with Crippen LogP contribution in [0.4, 0.5) is 0 Å². The van der Waals surface area contributed by atoms with Crippen molar-refractivity contribution in [2.45, 2.75) is 13.0 Å². The molecule has 0 aromatic carbocycles. The third-order valence-electron chi connectivity index (χ3n) is 2.40. The average Bonchev–Trinajstić information content (AvgIpc) is 2.83. The lowest BCUT2D eigenvalue weighted by atomic mass is 10.4. The van der Waals surface area contributed by atoms with Crippen LogP contribution >= 0.6 is 0 Å². The molecule has 0 saturated heterocycles. The Morgan fingerprint density at radius 2 is 2.11 bits per heavy atom. The lowest BCUT2D eigenvalue weighted by molar-refractivity contribution is 0.570. The van der Waals surface area contributed by atoms with Crippen molar-refractivity contribution in [3.8, 4) is 0 Å². The van der Waals surface area contributed by atoms with E-state index in [4.69, 9.17) is 0 Å². The zero-order valence-electron chi connectivity index (χ0n) is 11.3. The summed E-state index contributed by atoms with van der Waals surface area (Å²) in [4.78, 5) is 4.02. The first-order valence-electron chi connectivity index (χ1n) is 6.11. The number of nitrogens with zero attached hydrogens (tertiary/aromatic N) is 3. The van der Waals surface area contributed by atoms with Crippen molar-refractivity contribution in [1.29, 1.82) is 0 Å². The topological polar surface area (TPSA) is 88.4 Å². The Morgan fingerprint density at radius 3 is 2.68 bits per heavy atom. The summed E-state index contributed by atoms with van der Waals surface area (Å²) >= 11 is 0. The molecule has 2 N–H and O–H groups in total. The van der Waals surface area contributed by atoms with Crippen LogP contribution in [0.5, 0.6) is 0 Å². The number of hydrogen-bond acceptors (Lipinski definition) is 4. The van der Waals surface area contributed by atoms with Gasteiger partial charge in [0.25, 0.3) is 0 Å². The quantitative estimate of drug-likeness (QED) is 0.400. The predicted molar refractivity (Wildman–Crippen MR) is 75.9 cm³/mol. The minimum Gasteiger partial charge on any atom is -0.356 e. The summed E-state index contributed by atoms with van der Waals surface area (Å²) in [5, 5.41) is 10.2. The number of aryl methyl sites for hydroxylation is 1. The summed E-state index contributed by atoms with van der Waals surface area (Å²) < 4.78 is 23.8. The van der Waals surface area contributed by atoms with E-state index in [2.05, 4.69) is 20.7 Å². The second-order valence-corrected chi connectivity index (χ2v) is 6.44. The van der Waals surface area contributed by atoms with Crippen molar-refractivity contribution in [2.75, 3.05) is 32.1 Å². The van der Waals surface area contributed by atoms with Crippen LogP contribution in [0.2, 0.25) is 0 Å². The second-order valence-electron chi connectivity index (χ2n) is 4.18. The highest BCUT2D eigenvalue weighted by atomic mass is 32.2. The van der Waals surface area contributed by atoms with Crippen LogP contribution in [0.3, 0.4) is 0 Å². The number of guanidine groups is 1. The summed E-state index contributed by atoms with van der Waals surface area (Å²) in [6.07, 6.45) is 5.79. The van der Waals surface area contributed by atoms with Gasteiger partial charge in [-0.3, -0.25) is 9.67 Å². The lowest BCUT2D eigenvalue weighted by Gasteiger charge is -2.11. The zero-order chi connectivity index (χ0) is 14.1. The standard InChI is InChI=1S/C11H21N5O2S/c1-12-11(14-7-10-19(2,17)18)13-5-3-8-16-9-4-6-15-16/h4,6,9H,3,5,7-8,10H2,1-2H3,(H2,12,13,14). The Hall–Kier alpha value is -1.57. The fourth-order valence-electron chi connectivity index (χ4n) is 1.46. The molecule has 19 heavy (non-hydrogen) atoms. The zero-order valence-corrected chi connectivity index (χ0v) is 12.2. The van der Waals surface area contributed by atoms with Crippen LogP contribution in [0.15, 0.2) is 23.5 Å². The summed E-state index contributed by atoms with van der Waals surface area (Å²) in [5.74, 6) is 0.713. The van der Waals surface area contributed by atoms with Crippen LogP contribution in [-0.4, -0.2) is 56.3 Å². The third-order valence-corrected chi connectivity index (χ3v) is 3.35. The third kappa shape index (κ3) is 7.45. The van der Waals surface area contributed by atoms with E-state index in [1.54, 1.807) is 13.2 Å². The Morgan fingerprint density at radius 1 is 1.37 bits per heavy atom. The van der Waals surface area contributed by atoms with Crippen LogP contribution in [0.1, 0.15) is 6.42 Å². The predicted octanol–water partition coefficient (Wildman–Crippen LogP) is -0.517. The van der Waals surface area contributed by atoms with E-state index in [1.165, 1.54) is 6.26 Å². The molecule has 0 saturated carbocycles. The molecule has 1 aromatic heterocycles. The Bertz CT molecular complexity index is 481. The maximum Gasteiger partial charge on any atom is 0.191 e. The van der Waals surface area contributed by atoms with E-state index in [-0.39, 0.29) is 5.75 Å². The highest BCUT2D eigenvalue weighted by Gasteiger charge is 2.02. The number of rotatable bonds is 7. The molecule has 1 aromatic rings. The van der Waals surface area contributed by atoms with Gasteiger partial charge in [0.05, 0.1) is 5.75 Å². The number of aliphatic imine (C=N–C) groups is 1. The van der Waals surface area contributed by atoms with Gasteiger partial charge in [-0.1, -0.05) is 0 Å². The van der Waals surface area contributed by atoms with Gasteiger partial charge in [0, 0.05) is 45.3 Å². The highest BCUT2D eigenvalue weighted by molar-refractivity contribution is 7.90. The molecule has 8 heteroatoms. The van der Waals surface area contributed by atoms with Gasteiger partial charge < -0.3 is 10.6 Å². The molecule has 0 aliphatic rings. The van der Waals surface area contributed by atoms with Gasteiger partial charge in [0.2, 0.25) is 0 Å². The average molecular weight is 287 g/mol. The summed E-state index contributed by atoms with van der Waals surface area (Å²) in [6, 6.07) is 1.89. The minimum atomic E-state index is -2.94. The molecule has 1 heterocycles. The van der Waals surface area contributed by atoms with Crippen molar-refractivity contribution in [3.05, 3.63) is 18.5 Å². The molecule has 0 spiro atoms. The Balaban J connectivity index is 2.15. The molecule has 0 amide bonds. The van der Waals surface area contributed by atoms with Gasteiger partial charge in [0.1, 0.15) is 9.84 Å². The number of aromatic nitrogens is 2. The van der Waals surface area contributed by atoms with E-state index in [0.717, 1.165) is 19.5 Å². The molecule has 1 rings (SSSR count). The van der Waals surface area contributed by atoms with Crippen molar-refractivity contribution in [1.82, 2.24) is 20.4 Å². The molecule has 0 aliphatic heterocycles. The van der Waals surface area contributed by atoms with Gasteiger partial charge in [-0.15, -0.1) is 0 Å². The minimum absolute atomic E-state index is 0.0982. The maximum atomic E-state index is 11.0. The van der Waals surface area contributed by atoms with Gasteiger partial charge in [-0.2, -0.15) is 5.10 Å². The van der Waals surface area contributed by atoms with Crippen LogP contribution in [0.25, 0.3) is 0 Å². The number of nitrogens with one attached hydrogen (secondary N) is 2. The summed E-state index contributed by atoms with van der Waals surface area (Å²) in [6.45, 7) is 1.94. The van der Waals surface area contributed by atoms with Crippen molar-refractivity contribution < 1.29 is 8.42 Å². The Labute approximate surface area is 114 Å². The van der Waals surface area contributed by atoms with Crippen LogP contribution in [-0.2, 0) is 16.4 Å². The largest absolute Gasteiger partial charge is 0.356 e. The summed E-state index contributed by atoms with van der Waals surface area (Å²) in [5.41, 5.74) is 0. The number of sulfone groups is 1. The van der Waals surface area contributed by atoms with E-state index < -0.39 is 9.84 Å². The molecule has 0 fully saturated rings. The first kappa shape index (κ1) is 15.5. The first-order chi connectivity index (χ1) is 9.01. The second kappa shape index (κ2) is 7.78. The van der Waals surface area contributed by atoms with Crippen molar-refractivity contribution >= 4 is 15.8 Å². The Kier molecular flexibility index (Phi) is 6.34. The molecule has 108 valence electrons. The fourth-order valence-corrected chi connectivity index (χ4v) is 1.93. The van der Waals surface area contributed by atoms with Crippen molar-refractivity contribution in [2.24, 2.45) is 4.99 Å². The molecular weight excluding hydrogens is 266 g/mol. The SMILES string of the molecule is CN=C(NCCCn1cccn1)NCCS(C)(=O)=O. The van der Waals surface area contributed by atoms with E-state index in [9.17, 15) is 8.42 Å². The molecule has 0 bridgehead atoms. The van der Waals surface area contributed by atoms with Crippen LogP contribution in [0, 0.1) is 0 Å². The maximum absolute atomic E-state index is 11.0. The normalized spacial score (nSPS) is 12.4. The van der Waals surface area contributed by atoms with E-state index in [1.807, 2.05) is 16.9 Å². The van der Waals surface area contributed by atoms with Gasteiger partial charge in [-0.25, -0.2) is 8.42 Å². The monoisotopic (exact) mass is 287 g/mol. The highest BCUT2D eigenvalue weighted by Crippen LogP contribution is 1.88. The van der Waals surface area contributed by atoms with Gasteiger partial charge >= 0.3 is 0 Å². The molecule has 0 unspecified atom stereocenters. The first-order valence-corrected chi connectivity index (χ1v) is 8.17. The molecular formula is C11H21N5O2S. The molecule has 0 radical (unpaired) electrons.